The van der Waals surface area contributed by atoms with Crippen LogP contribution in [0.5, 0.6) is 0 Å². The van der Waals surface area contributed by atoms with Crippen LogP contribution in [0.3, 0.4) is 0 Å². The lowest BCUT2D eigenvalue weighted by molar-refractivity contribution is -0.132. The number of nitrogens with zero attached hydrogens (tertiary/aromatic N) is 4. The molecule has 1 saturated carbocycles. The summed E-state index contributed by atoms with van der Waals surface area (Å²) >= 11 is 0. The van der Waals surface area contributed by atoms with E-state index in [0.29, 0.717) is 30.1 Å². The Labute approximate surface area is 168 Å². The molecule has 154 valence electrons. The van der Waals surface area contributed by atoms with E-state index in [2.05, 4.69) is 21.4 Å². The van der Waals surface area contributed by atoms with Gasteiger partial charge in [0, 0.05) is 63.9 Å². The molecule has 1 atom stereocenters. The molecule has 2 amide bonds. The molecule has 2 aliphatic heterocycles. The Balaban J connectivity index is 1.27. The number of imidazole rings is 1. The number of likely N-dealkylation sites (tertiary alicyclic amines) is 2. The molecule has 1 aromatic heterocycles. The highest BCUT2D eigenvalue weighted by Gasteiger charge is 2.31. The molecular weight excluding hydrogens is 352 g/mol. The summed E-state index contributed by atoms with van der Waals surface area (Å²) < 4.78 is 2.42. The van der Waals surface area contributed by atoms with Crippen molar-refractivity contribution in [2.75, 3.05) is 26.2 Å². The average Bonchev–Trinajstić information content (AvgIpc) is 3.23. The van der Waals surface area contributed by atoms with Crippen LogP contribution in [-0.4, -0.2) is 57.3 Å². The van der Waals surface area contributed by atoms with E-state index < -0.39 is 0 Å². The van der Waals surface area contributed by atoms with E-state index in [9.17, 15) is 9.59 Å². The minimum Gasteiger partial charge on any atom is -0.343 e. The summed E-state index contributed by atoms with van der Waals surface area (Å²) in [6, 6.07) is 0. The van der Waals surface area contributed by atoms with Gasteiger partial charge in [0.1, 0.15) is 5.82 Å². The van der Waals surface area contributed by atoms with Gasteiger partial charge in [-0.1, -0.05) is 6.42 Å². The molecule has 3 heterocycles. The van der Waals surface area contributed by atoms with Crippen molar-refractivity contribution in [1.82, 2.24) is 19.4 Å². The Morgan fingerprint density at radius 3 is 2.36 bits per heavy atom. The summed E-state index contributed by atoms with van der Waals surface area (Å²) in [6.45, 7) is 8.17. The third kappa shape index (κ3) is 4.11. The smallest absolute Gasteiger partial charge is 0.222 e. The first-order valence-corrected chi connectivity index (χ1v) is 11.1. The predicted octanol–water partition coefficient (Wildman–Crippen LogP) is 2.96. The first-order valence-electron chi connectivity index (χ1n) is 11.1. The van der Waals surface area contributed by atoms with E-state index in [1.54, 1.807) is 6.92 Å². The molecule has 0 bridgehead atoms. The number of carbonyl (C=O) groups excluding carboxylic acids is 2. The zero-order valence-electron chi connectivity index (χ0n) is 17.4. The summed E-state index contributed by atoms with van der Waals surface area (Å²) in [6.07, 6.45) is 9.55. The SMILES string of the molecule is CC(=O)N1CCC(CC(=O)N2CCC(Cn3c(C)cnc3C3CCC3)C2)CC1. The van der Waals surface area contributed by atoms with Crippen molar-refractivity contribution in [3.63, 3.8) is 0 Å². The molecule has 6 nitrogen and oxygen atoms in total. The molecule has 1 unspecified atom stereocenters. The second kappa shape index (κ2) is 8.26. The van der Waals surface area contributed by atoms with E-state index in [1.165, 1.54) is 30.8 Å². The lowest BCUT2D eigenvalue weighted by atomic mass is 9.84. The molecule has 0 spiro atoms. The third-order valence-electron chi connectivity index (χ3n) is 7.16. The highest BCUT2D eigenvalue weighted by atomic mass is 16.2. The van der Waals surface area contributed by atoms with Crippen LogP contribution < -0.4 is 0 Å². The molecule has 28 heavy (non-hydrogen) atoms. The standard InChI is InChI=1S/C22H34N4O2/c1-16-13-23-22(20-4-3-5-20)26(16)15-19-8-11-25(14-19)21(28)12-18-6-9-24(10-7-18)17(2)27/h13,18-20H,3-12,14-15H2,1-2H3. The summed E-state index contributed by atoms with van der Waals surface area (Å²) in [5, 5.41) is 0. The predicted molar refractivity (Wildman–Crippen MR) is 108 cm³/mol. The van der Waals surface area contributed by atoms with Crippen molar-refractivity contribution in [1.29, 1.82) is 0 Å². The molecule has 2 saturated heterocycles. The highest BCUT2D eigenvalue weighted by molar-refractivity contribution is 5.77. The Morgan fingerprint density at radius 2 is 1.71 bits per heavy atom. The number of hydrogen-bond donors (Lipinski definition) is 0. The van der Waals surface area contributed by atoms with Gasteiger partial charge in [0.2, 0.25) is 11.8 Å². The van der Waals surface area contributed by atoms with Crippen molar-refractivity contribution in [2.45, 2.75) is 71.3 Å². The molecular formula is C22H34N4O2. The first kappa shape index (κ1) is 19.5. The van der Waals surface area contributed by atoms with Crippen LogP contribution in [0.2, 0.25) is 0 Å². The fourth-order valence-corrected chi connectivity index (χ4v) is 5.00. The molecule has 1 aromatic rings. The van der Waals surface area contributed by atoms with Gasteiger partial charge in [-0.3, -0.25) is 9.59 Å². The number of hydrogen-bond acceptors (Lipinski definition) is 3. The number of aryl methyl sites for hydroxylation is 1. The van der Waals surface area contributed by atoms with Gasteiger partial charge in [-0.25, -0.2) is 4.98 Å². The van der Waals surface area contributed by atoms with E-state index in [4.69, 9.17) is 0 Å². The third-order valence-corrected chi connectivity index (χ3v) is 7.16. The zero-order chi connectivity index (χ0) is 19.7. The molecule has 0 N–H and O–H groups in total. The second-order valence-electron chi connectivity index (χ2n) is 9.14. The summed E-state index contributed by atoms with van der Waals surface area (Å²) in [5.41, 5.74) is 1.25. The topological polar surface area (TPSA) is 58.4 Å². The largest absolute Gasteiger partial charge is 0.343 e. The fourth-order valence-electron chi connectivity index (χ4n) is 5.00. The van der Waals surface area contributed by atoms with Gasteiger partial charge in [-0.15, -0.1) is 0 Å². The van der Waals surface area contributed by atoms with Gasteiger partial charge in [0.15, 0.2) is 0 Å². The van der Waals surface area contributed by atoms with Gasteiger partial charge < -0.3 is 14.4 Å². The van der Waals surface area contributed by atoms with Crippen LogP contribution in [0.25, 0.3) is 0 Å². The Bertz CT molecular complexity index is 716. The summed E-state index contributed by atoms with van der Waals surface area (Å²) in [4.78, 5) is 32.9. The van der Waals surface area contributed by atoms with Gasteiger partial charge >= 0.3 is 0 Å². The van der Waals surface area contributed by atoms with Gasteiger partial charge in [0.05, 0.1) is 0 Å². The Hall–Kier alpha value is -1.85. The van der Waals surface area contributed by atoms with Crippen LogP contribution in [0.4, 0.5) is 0 Å². The number of carbonyl (C=O) groups is 2. The Morgan fingerprint density at radius 1 is 1.04 bits per heavy atom. The summed E-state index contributed by atoms with van der Waals surface area (Å²) in [5.74, 6) is 3.35. The van der Waals surface area contributed by atoms with Crippen molar-refractivity contribution in [3.8, 4) is 0 Å². The number of piperidine rings is 1. The normalized spacial score (nSPS) is 23.9. The van der Waals surface area contributed by atoms with Crippen molar-refractivity contribution in [2.24, 2.45) is 11.8 Å². The maximum atomic E-state index is 12.8. The monoisotopic (exact) mass is 386 g/mol. The maximum absolute atomic E-state index is 12.8. The van der Waals surface area contributed by atoms with E-state index >= 15 is 0 Å². The molecule has 0 radical (unpaired) electrons. The first-order chi connectivity index (χ1) is 13.5. The number of amides is 2. The quantitative estimate of drug-likeness (QED) is 0.782. The fraction of sp³-hybridized carbons (Fsp3) is 0.773. The van der Waals surface area contributed by atoms with E-state index in [0.717, 1.165) is 52.0 Å². The second-order valence-corrected chi connectivity index (χ2v) is 9.14. The van der Waals surface area contributed by atoms with Crippen molar-refractivity contribution >= 4 is 11.8 Å². The molecule has 3 aliphatic rings. The van der Waals surface area contributed by atoms with Crippen molar-refractivity contribution in [3.05, 3.63) is 17.7 Å². The summed E-state index contributed by atoms with van der Waals surface area (Å²) in [7, 11) is 0. The van der Waals surface area contributed by atoms with E-state index in [1.807, 2.05) is 11.1 Å². The molecule has 4 rings (SSSR count). The van der Waals surface area contributed by atoms with Gasteiger partial charge in [0.25, 0.3) is 0 Å². The van der Waals surface area contributed by atoms with E-state index in [-0.39, 0.29) is 5.91 Å². The van der Waals surface area contributed by atoms with Crippen LogP contribution in [-0.2, 0) is 16.1 Å². The molecule has 3 fully saturated rings. The number of aromatic nitrogens is 2. The average molecular weight is 387 g/mol. The molecule has 1 aliphatic carbocycles. The van der Waals surface area contributed by atoms with Crippen LogP contribution in [0.1, 0.15) is 69.3 Å². The highest BCUT2D eigenvalue weighted by Crippen LogP contribution is 2.36. The lowest BCUT2D eigenvalue weighted by Gasteiger charge is -2.31. The van der Waals surface area contributed by atoms with Crippen molar-refractivity contribution < 1.29 is 9.59 Å². The van der Waals surface area contributed by atoms with Crippen LogP contribution >= 0.6 is 0 Å². The van der Waals surface area contributed by atoms with Crippen LogP contribution in [0.15, 0.2) is 6.20 Å². The van der Waals surface area contributed by atoms with Crippen LogP contribution in [0, 0.1) is 18.8 Å². The zero-order valence-corrected chi connectivity index (χ0v) is 17.4. The Kier molecular flexibility index (Phi) is 5.74. The lowest BCUT2D eigenvalue weighted by Crippen LogP contribution is -2.39. The van der Waals surface area contributed by atoms with Gasteiger partial charge in [-0.05, 0) is 50.9 Å². The number of rotatable bonds is 5. The minimum absolute atomic E-state index is 0.156. The van der Waals surface area contributed by atoms with Gasteiger partial charge in [-0.2, -0.15) is 0 Å². The molecule has 0 aromatic carbocycles. The maximum Gasteiger partial charge on any atom is 0.222 e. The minimum atomic E-state index is 0.156. The molecule has 6 heteroatoms.